The van der Waals surface area contributed by atoms with Crippen molar-refractivity contribution in [1.82, 2.24) is 8.96 Å². The molecule has 1 unspecified atom stereocenters. The Hall–Kier alpha value is -2.24. The molecule has 0 radical (unpaired) electrons. The standard InChI is InChI=1S/C20H15N3S2/c1-13-19-21-17-10-4-5-12-18(17)23(19)25-20(24-13)22-16-11-6-8-14-7-2-3-9-15(14)16/h2-13H,1H3. The van der Waals surface area contributed by atoms with Gasteiger partial charge in [0.1, 0.15) is 5.82 Å². The second-order valence-corrected chi connectivity index (χ2v) is 8.50. The van der Waals surface area contributed by atoms with Crippen LogP contribution in [0.1, 0.15) is 18.0 Å². The van der Waals surface area contributed by atoms with E-state index in [4.69, 9.17) is 9.98 Å². The van der Waals surface area contributed by atoms with Crippen molar-refractivity contribution in [1.29, 1.82) is 0 Å². The Morgan fingerprint density at radius 1 is 0.960 bits per heavy atom. The number of para-hydroxylation sites is 2. The Labute approximate surface area is 154 Å². The monoisotopic (exact) mass is 361 g/mol. The molecule has 0 fully saturated rings. The van der Waals surface area contributed by atoms with E-state index in [1.807, 2.05) is 6.07 Å². The van der Waals surface area contributed by atoms with E-state index in [2.05, 4.69) is 71.6 Å². The van der Waals surface area contributed by atoms with Crippen LogP contribution < -0.4 is 0 Å². The van der Waals surface area contributed by atoms with Crippen molar-refractivity contribution in [2.75, 3.05) is 0 Å². The fraction of sp³-hybridized carbons (Fsp3) is 0.100. The first kappa shape index (κ1) is 15.0. The molecule has 1 aromatic heterocycles. The lowest BCUT2D eigenvalue weighted by Crippen LogP contribution is -2.09. The van der Waals surface area contributed by atoms with Crippen molar-refractivity contribution >= 4 is 55.6 Å². The average molecular weight is 361 g/mol. The van der Waals surface area contributed by atoms with E-state index in [-0.39, 0.29) is 5.25 Å². The van der Waals surface area contributed by atoms with Gasteiger partial charge in [-0.05, 0) is 30.5 Å². The van der Waals surface area contributed by atoms with Crippen molar-refractivity contribution in [3.8, 4) is 0 Å². The van der Waals surface area contributed by atoms with Crippen LogP contribution in [0.25, 0.3) is 21.8 Å². The van der Waals surface area contributed by atoms with Crippen molar-refractivity contribution < 1.29 is 0 Å². The predicted molar refractivity (Wildman–Crippen MR) is 110 cm³/mol. The van der Waals surface area contributed by atoms with E-state index in [9.17, 15) is 0 Å². The first-order valence-corrected chi connectivity index (χ1v) is 9.84. The van der Waals surface area contributed by atoms with Gasteiger partial charge in [-0.1, -0.05) is 60.3 Å². The lowest BCUT2D eigenvalue weighted by atomic mass is 10.1. The zero-order valence-electron chi connectivity index (χ0n) is 13.6. The number of aromatic nitrogens is 2. The average Bonchev–Trinajstić information content (AvgIpc) is 3.02. The number of imidazole rings is 1. The van der Waals surface area contributed by atoms with Gasteiger partial charge in [-0.3, -0.25) is 3.97 Å². The number of fused-ring (bicyclic) bond motifs is 4. The molecule has 3 aromatic carbocycles. The highest BCUT2D eigenvalue weighted by molar-refractivity contribution is 8.38. The molecule has 4 aromatic rings. The van der Waals surface area contributed by atoms with Crippen molar-refractivity contribution in [3.63, 3.8) is 0 Å². The maximum Gasteiger partial charge on any atom is 0.152 e. The molecule has 5 heteroatoms. The van der Waals surface area contributed by atoms with Gasteiger partial charge in [0, 0.05) is 17.3 Å². The second kappa shape index (κ2) is 5.93. The van der Waals surface area contributed by atoms with E-state index in [0.29, 0.717) is 0 Å². The molecule has 5 rings (SSSR count). The van der Waals surface area contributed by atoms with Crippen LogP contribution in [0.2, 0.25) is 0 Å². The van der Waals surface area contributed by atoms with Crippen LogP contribution in [0.4, 0.5) is 5.69 Å². The summed E-state index contributed by atoms with van der Waals surface area (Å²) in [7, 11) is 0. The summed E-state index contributed by atoms with van der Waals surface area (Å²) in [6.07, 6.45) is 0. The van der Waals surface area contributed by atoms with Gasteiger partial charge < -0.3 is 0 Å². The molecule has 3 nitrogen and oxygen atoms in total. The molecule has 25 heavy (non-hydrogen) atoms. The summed E-state index contributed by atoms with van der Waals surface area (Å²) >= 11 is 3.44. The van der Waals surface area contributed by atoms with Gasteiger partial charge in [-0.25, -0.2) is 9.98 Å². The third-order valence-corrected chi connectivity index (χ3v) is 6.52. The molecule has 0 saturated heterocycles. The fourth-order valence-corrected chi connectivity index (χ4v) is 5.58. The number of rotatable bonds is 1. The molecule has 122 valence electrons. The van der Waals surface area contributed by atoms with Crippen LogP contribution in [0.3, 0.4) is 0 Å². The molecule has 2 heterocycles. The van der Waals surface area contributed by atoms with Crippen LogP contribution in [0, 0.1) is 0 Å². The number of thioether (sulfide) groups is 1. The Kier molecular flexibility index (Phi) is 3.57. The molecule has 1 aliphatic rings. The minimum absolute atomic E-state index is 0.280. The molecular weight excluding hydrogens is 346 g/mol. The van der Waals surface area contributed by atoms with Crippen LogP contribution in [0.5, 0.6) is 0 Å². The molecule has 0 spiro atoms. The molecule has 0 bridgehead atoms. The minimum Gasteiger partial charge on any atom is -0.262 e. The van der Waals surface area contributed by atoms with Crippen LogP contribution >= 0.6 is 23.7 Å². The van der Waals surface area contributed by atoms with Gasteiger partial charge >= 0.3 is 0 Å². The third kappa shape index (κ3) is 2.55. The highest BCUT2D eigenvalue weighted by atomic mass is 32.2. The van der Waals surface area contributed by atoms with E-state index in [0.717, 1.165) is 26.9 Å². The number of benzene rings is 3. The molecule has 0 amide bonds. The van der Waals surface area contributed by atoms with E-state index in [1.54, 1.807) is 23.7 Å². The molecule has 1 aliphatic heterocycles. The first-order chi connectivity index (χ1) is 12.3. The Morgan fingerprint density at radius 3 is 2.72 bits per heavy atom. The van der Waals surface area contributed by atoms with Crippen molar-refractivity contribution in [3.05, 3.63) is 72.6 Å². The van der Waals surface area contributed by atoms with E-state index < -0.39 is 0 Å². The zero-order valence-corrected chi connectivity index (χ0v) is 15.2. The molecule has 1 atom stereocenters. The van der Waals surface area contributed by atoms with Gasteiger partial charge in [0.15, 0.2) is 4.38 Å². The van der Waals surface area contributed by atoms with Crippen LogP contribution in [0.15, 0.2) is 71.7 Å². The fourth-order valence-electron chi connectivity index (χ4n) is 3.13. The van der Waals surface area contributed by atoms with Gasteiger partial charge in [0.05, 0.1) is 22.0 Å². The van der Waals surface area contributed by atoms with E-state index >= 15 is 0 Å². The lowest BCUT2D eigenvalue weighted by molar-refractivity contribution is 0.951. The van der Waals surface area contributed by atoms with Crippen molar-refractivity contribution in [2.24, 2.45) is 4.99 Å². The normalized spacial score (nSPS) is 18.8. The SMILES string of the molecule is CC1SC(=Nc2cccc3ccccc23)Sn2c1nc1ccccc12. The van der Waals surface area contributed by atoms with Gasteiger partial charge in [-0.15, -0.1) is 0 Å². The maximum atomic E-state index is 4.98. The van der Waals surface area contributed by atoms with Crippen LogP contribution in [-0.2, 0) is 0 Å². The van der Waals surface area contributed by atoms with Gasteiger partial charge in [-0.2, -0.15) is 0 Å². The number of hydrogen-bond acceptors (Lipinski definition) is 4. The minimum atomic E-state index is 0.280. The summed E-state index contributed by atoms with van der Waals surface area (Å²) in [5.41, 5.74) is 3.22. The topological polar surface area (TPSA) is 30.2 Å². The summed E-state index contributed by atoms with van der Waals surface area (Å²) < 4.78 is 3.28. The quantitative estimate of drug-likeness (QED) is 0.405. The largest absolute Gasteiger partial charge is 0.262 e. The lowest BCUT2D eigenvalue weighted by Gasteiger charge is -2.20. The number of hydrogen-bond donors (Lipinski definition) is 0. The number of aliphatic imine (C=N–C) groups is 1. The maximum absolute atomic E-state index is 4.98. The first-order valence-electron chi connectivity index (χ1n) is 8.18. The smallest absolute Gasteiger partial charge is 0.152 e. The second-order valence-electron chi connectivity index (χ2n) is 5.98. The van der Waals surface area contributed by atoms with Gasteiger partial charge in [0.2, 0.25) is 0 Å². The zero-order chi connectivity index (χ0) is 16.8. The molecule has 0 aliphatic carbocycles. The van der Waals surface area contributed by atoms with Crippen molar-refractivity contribution in [2.45, 2.75) is 12.2 Å². The highest BCUT2D eigenvalue weighted by Gasteiger charge is 2.26. The summed E-state index contributed by atoms with van der Waals surface area (Å²) in [5, 5.41) is 2.69. The Balaban J connectivity index is 1.63. The van der Waals surface area contributed by atoms with Crippen LogP contribution in [-0.4, -0.2) is 13.3 Å². The third-order valence-electron chi connectivity index (χ3n) is 4.33. The van der Waals surface area contributed by atoms with Gasteiger partial charge in [0.25, 0.3) is 0 Å². The predicted octanol–water partition coefficient (Wildman–Crippen LogP) is 6.18. The molecule has 0 N–H and O–H groups in total. The summed E-state index contributed by atoms with van der Waals surface area (Å²) in [6, 6.07) is 23.0. The molecule has 0 saturated carbocycles. The highest BCUT2D eigenvalue weighted by Crippen LogP contribution is 2.43. The summed E-state index contributed by atoms with van der Waals surface area (Å²) in [5.74, 6) is 1.10. The Morgan fingerprint density at radius 2 is 1.76 bits per heavy atom. The Bertz CT molecular complexity index is 1120. The molecular formula is C20H15N3S2. The summed E-state index contributed by atoms with van der Waals surface area (Å²) in [4.78, 5) is 9.77. The number of nitrogens with zero attached hydrogens (tertiary/aromatic N) is 3. The van der Waals surface area contributed by atoms with E-state index in [1.165, 1.54) is 10.8 Å². The summed E-state index contributed by atoms with van der Waals surface area (Å²) in [6.45, 7) is 2.20.